The van der Waals surface area contributed by atoms with Crippen molar-refractivity contribution in [1.29, 1.82) is 0 Å². The van der Waals surface area contributed by atoms with Gasteiger partial charge in [0, 0.05) is 40.7 Å². The van der Waals surface area contributed by atoms with Crippen LogP contribution in [0.4, 0.5) is 5.69 Å². The average Bonchev–Trinajstić information content (AvgIpc) is 3.24. The van der Waals surface area contributed by atoms with Gasteiger partial charge in [-0.2, -0.15) is 0 Å². The number of nitrogens with one attached hydrogen (secondary N) is 2. The molecule has 6 nitrogen and oxygen atoms in total. The van der Waals surface area contributed by atoms with E-state index in [4.69, 9.17) is 4.42 Å². The van der Waals surface area contributed by atoms with Crippen LogP contribution in [0.15, 0.2) is 52.9 Å². The molecule has 170 valence electrons. The van der Waals surface area contributed by atoms with Gasteiger partial charge in [0.15, 0.2) is 5.76 Å². The van der Waals surface area contributed by atoms with Gasteiger partial charge in [0.25, 0.3) is 5.91 Å². The van der Waals surface area contributed by atoms with Crippen molar-refractivity contribution in [2.45, 2.75) is 38.1 Å². The summed E-state index contributed by atoms with van der Waals surface area (Å²) in [5.41, 5.74) is 3.21. The number of rotatable bonds is 5. The molecule has 1 unspecified atom stereocenters. The van der Waals surface area contributed by atoms with Crippen LogP contribution >= 0.6 is 0 Å². The number of piperidine rings is 3. The molecule has 6 heteroatoms. The van der Waals surface area contributed by atoms with Crippen molar-refractivity contribution in [3.8, 4) is 11.1 Å². The molecule has 3 aliphatic heterocycles. The van der Waals surface area contributed by atoms with E-state index >= 15 is 0 Å². The van der Waals surface area contributed by atoms with Crippen LogP contribution in [0.1, 0.15) is 42.7 Å². The molecule has 0 spiro atoms. The Morgan fingerprint density at radius 1 is 0.939 bits per heavy atom. The Hall–Kier alpha value is -3.12. The van der Waals surface area contributed by atoms with Gasteiger partial charge < -0.3 is 20.0 Å². The molecule has 33 heavy (non-hydrogen) atoms. The minimum Gasteiger partial charge on any atom is -0.450 e. The number of fused-ring (bicyclic) bond motifs is 4. The number of nitrogens with zero attached hydrogens (tertiary/aromatic N) is 1. The Kier molecular flexibility index (Phi) is 5.18. The second kappa shape index (κ2) is 8.34. The molecular weight excluding hydrogens is 414 g/mol. The Labute approximate surface area is 193 Å². The van der Waals surface area contributed by atoms with Gasteiger partial charge in [0.05, 0.1) is 0 Å². The zero-order valence-electron chi connectivity index (χ0n) is 18.7. The first-order chi connectivity index (χ1) is 16.2. The molecule has 1 aliphatic carbocycles. The standard InChI is InChI=1S/C27H29N3O3/c31-26(18-5-3-6-18)28-22-10-2-1-8-20(22)21-9-4-7-19-15-24(33-25(19)21)27(32)29-23-16-30-13-11-17(23)12-14-30/h1-2,4,7-10,15,17-18,23H,3,5-6,11-14,16H2,(H,28,31)(H,29,32). The summed E-state index contributed by atoms with van der Waals surface area (Å²) < 4.78 is 6.14. The molecule has 3 aromatic rings. The molecule has 0 radical (unpaired) electrons. The van der Waals surface area contributed by atoms with Gasteiger partial charge in [-0.25, -0.2) is 0 Å². The monoisotopic (exact) mass is 443 g/mol. The fourth-order valence-corrected chi connectivity index (χ4v) is 5.49. The zero-order valence-corrected chi connectivity index (χ0v) is 18.7. The maximum absolute atomic E-state index is 13.1. The molecule has 4 fully saturated rings. The van der Waals surface area contributed by atoms with Crippen molar-refractivity contribution in [3.05, 3.63) is 54.3 Å². The number of hydrogen-bond donors (Lipinski definition) is 2. The number of benzene rings is 2. The van der Waals surface area contributed by atoms with Gasteiger partial charge in [-0.3, -0.25) is 9.59 Å². The van der Waals surface area contributed by atoms with Gasteiger partial charge in [0.2, 0.25) is 5.91 Å². The van der Waals surface area contributed by atoms with Crippen LogP contribution in [0.3, 0.4) is 0 Å². The summed E-state index contributed by atoms with van der Waals surface area (Å²) in [6.07, 6.45) is 5.34. The van der Waals surface area contributed by atoms with E-state index < -0.39 is 0 Å². The lowest BCUT2D eigenvalue weighted by Gasteiger charge is -2.44. The summed E-state index contributed by atoms with van der Waals surface area (Å²) in [6.45, 7) is 3.21. The largest absolute Gasteiger partial charge is 0.450 e. The van der Waals surface area contributed by atoms with Crippen molar-refractivity contribution >= 4 is 28.5 Å². The van der Waals surface area contributed by atoms with E-state index in [9.17, 15) is 9.59 Å². The number of amides is 2. The molecule has 1 aromatic heterocycles. The first-order valence-corrected chi connectivity index (χ1v) is 12.1. The topological polar surface area (TPSA) is 74.6 Å². The number of furan rings is 1. The van der Waals surface area contributed by atoms with Crippen molar-refractivity contribution < 1.29 is 14.0 Å². The Morgan fingerprint density at radius 3 is 2.45 bits per heavy atom. The van der Waals surface area contributed by atoms with E-state index in [1.54, 1.807) is 0 Å². The van der Waals surface area contributed by atoms with Crippen LogP contribution in [0.25, 0.3) is 22.1 Å². The number of hydrogen-bond acceptors (Lipinski definition) is 4. The minimum absolute atomic E-state index is 0.0814. The molecule has 2 amide bonds. The third kappa shape index (κ3) is 3.82. The lowest BCUT2D eigenvalue weighted by atomic mass is 9.84. The lowest BCUT2D eigenvalue weighted by molar-refractivity contribution is -0.122. The summed E-state index contributed by atoms with van der Waals surface area (Å²) in [6, 6.07) is 15.7. The summed E-state index contributed by atoms with van der Waals surface area (Å²) in [7, 11) is 0. The molecule has 4 heterocycles. The summed E-state index contributed by atoms with van der Waals surface area (Å²) in [5.74, 6) is 0.939. The van der Waals surface area contributed by atoms with Gasteiger partial charge in [-0.05, 0) is 56.8 Å². The van der Waals surface area contributed by atoms with Crippen LogP contribution in [0.5, 0.6) is 0 Å². The molecule has 3 saturated heterocycles. The van der Waals surface area contributed by atoms with E-state index in [2.05, 4.69) is 15.5 Å². The van der Waals surface area contributed by atoms with Crippen molar-refractivity contribution in [2.24, 2.45) is 11.8 Å². The third-order valence-corrected chi connectivity index (χ3v) is 7.69. The van der Waals surface area contributed by atoms with Crippen LogP contribution in [0.2, 0.25) is 0 Å². The molecule has 4 aliphatic rings. The van der Waals surface area contributed by atoms with Crippen molar-refractivity contribution in [2.75, 3.05) is 25.0 Å². The first-order valence-electron chi connectivity index (χ1n) is 12.1. The quantitative estimate of drug-likeness (QED) is 0.601. The predicted molar refractivity (Wildman–Crippen MR) is 128 cm³/mol. The second-order valence-corrected chi connectivity index (χ2v) is 9.72. The molecule has 2 aromatic carbocycles. The smallest absolute Gasteiger partial charge is 0.287 e. The average molecular weight is 444 g/mol. The number of carbonyl (C=O) groups is 2. The fraction of sp³-hybridized carbons (Fsp3) is 0.407. The van der Waals surface area contributed by atoms with Crippen LogP contribution in [0, 0.1) is 11.8 Å². The van der Waals surface area contributed by atoms with Crippen molar-refractivity contribution in [1.82, 2.24) is 10.2 Å². The SMILES string of the molecule is O=C(NC1CN2CCC1CC2)c1cc2cccc(-c3ccccc3NC(=O)C3CCC3)c2o1. The Balaban J connectivity index is 1.28. The number of carbonyl (C=O) groups excluding carboxylic acids is 2. The summed E-state index contributed by atoms with van der Waals surface area (Å²) in [5, 5.41) is 7.21. The normalized spacial score (nSPS) is 24.4. The van der Waals surface area contributed by atoms with E-state index in [0.717, 1.165) is 73.9 Å². The molecule has 1 saturated carbocycles. The van der Waals surface area contributed by atoms with E-state index in [-0.39, 0.29) is 23.8 Å². The molecule has 2 bridgehead atoms. The van der Waals surface area contributed by atoms with E-state index in [1.807, 2.05) is 48.5 Å². The van der Waals surface area contributed by atoms with E-state index in [1.165, 1.54) is 0 Å². The van der Waals surface area contributed by atoms with Gasteiger partial charge in [-0.15, -0.1) is 0 Å². The van der Waals surface area contributed by atoms with Crippen molar-refractivity contribution in [3.63, 3.8) is 0 Å². The van der Waals surface area contributed by atoms with Crippen LogP contribution in [-0.4, -0.2) is 42.4 Å². The Morgan fingerprint density at radius 2 is 1.73 bits per heavy atom. The zero-order chi connectivity index (χ0) is 22.4. The molecule has 1 atom stereocenters. The van der Waals surface area contributed by atoms with Gasteiger partial charge in [0.1, 0.15) is 5.58 Å². The lowest BCUT2D eigenvalue weighted by Crippen LogP contribution is -2.57. The number of anilines is 1. The summed E-state index contributed by atoms with van der Waals surface area (Å²) in [4.78, 5) is 28.1. The molecule has 2 N–H and O–H groups in total. The van der Waals surface area contributed by atoms with E-state index in [0.29, 0.717) is 17.3 Å². The predicted octanol–water partition coefficient (Wildman–Crippen LogP) is 4.66. The third-order valence-electron chi connectivity index (χ3n) is 7.69. The highest BCUT2D eigenvalue weighted by atomic mass is 16.3. The highest BCUT2D eigenvalue weighted by Gasteiger charge is 2.35. The minimum atomic E-state index is -0.150. The molecular formula is C27H29N3O3. The second-order valence-electron chi connectivity index (χ2n) is 9.72. The highest BCUT2D eigenvalue weighted by molar-refractivity contribution is 6.03. The Bertz CT molecular complexity index is 1200. The van der Waals surface area contributed by atoms with Gasteiger partial charge in [-0.1, -0.05) is 42.8 Å². The maximum atomic E-state index is 13.1. The van der Waals surface area contributed by atoms with Crippen LogP contribution < -0.4 is 10.6 Å². The van der Waals surface area contributed by atoms with Crippen LogP contribution in [-0.2, 0) is 4.79 Å². The van der Waals surface area contributed by atoms with Gasteiger partial charge >= 0.3 is 0 Å². The maximum Gasteiger partial charge on any atom is 0.287 e. The molecule has 7 rings (SSSR count). The highest BCUT2D eigenvalue weighted by Crippen LogP contribution is 2.36. The summed E-state index contributed by atoms with van der Waals surface area (Å²) >= 11 is 0. The first kappa shape index (κ1) is 20.5. The number of para-hydroxylation sites is 2. The fourth-order valence-electron chi connectivity index (χ4n) is 5.49.